The van der Waals surface area contributed by atoms with E-state index in [0.29, 0.717) is 36.0 Å². The first-order valence-electron chi connectivity index (χ1n) is 10.3. The summed E-state index contributed by atoms with van der Waals surface area (Å²) in [5, 5.41) is 2.57. The van der Waals surface area contributed by atoms with Crippen molar-refractivity contribution >= 4 is 33.8 Å². The fourth-order valence-corrected chi connectivity index (χ4v) is 5.04. The largest absolute Gasteiger partial charge is 0.339 e. The van der Waals surface area contributed by atoms with Crippen LogP contribution in [-0.4, -0.2) is 57.3 Å². The van der Waals surface area contributed by atoms with Gasteiger partial charge in [-0.25, -0.2) is 15.8 Å². The van der Waals surface area contributed by atoms with Gasteiger partial charge < -0.3 is 4.90 Å². The van der Waals surface area contributed by atoms with E-state index in [4.69, 9.17) is 11.6 Å². The average molecular weight is 459 g/mol. The molecule has 2 aromatic heterocycles. The van der Waals surface area contributed by atoms with Gasteiger partial charge in [0.05, 0.1) is 5.69 Å². The maximum absolute atomic E-state index is 13.0. The van der Waals surface area contributed by atoms with Crippen molar-refractivity contribution in [2.24, 2.45) is 0 Å². The number of benzene rings is 1. The molecule has 3 aromatic rings. The minimum Gasteiger partial charge on any atom is -0.339 e. The lowest BCUT2D eigenvalue weighted by Gasteiger charge is -2.35. The van der Waals surface area contributed by atoms with E-state index in [1.165, 1.54) is 11.3 Å². The van der Waals surface area contributed by atoms with Crippen LogP contribution in [0.1, 0.15) is 23.7 Å². The molecule has 2 fully saturated rings. The van der Waals surface area contributed by atoms with Crippen LogP contribution in [-0.2, 0) is 11.3 Å². The normalized spacial score (nSPS) is 22.3. The second-order valence-corrected chi connectivity index (χ2v) is 9.23. The lowest BCUT2D eigenvalue weighted by molar-refractivity contribution is -0.135. The van der Waals surface area contributed by atoms with Crippen molar-refractivity contribution in [2.45, 2.75) is 25.0 Å². The Bertz CT molecular complexity index is 1140. The van der Waals surface area contributed by atoms with Crippen molar-refractivity contribution in [3.05, 3.63) is 68.5 Å². The molecule has 2 aliphatic heterocycles. The summed E-state index contributed by atoms with van der Waals surface area (Å²) in [5.41, 5.74) is 8.23. The molecule has 5 rings (SSSR count). The van der Waals surface area contributed by atoms with Gasteiger partial charge >= 0.3 is 0 Å². The Morgan fingerprint density at radius 2 is 1.94 bits per heavy atom. The van der Waals surface area contributed by atoms with Gasteiger partial charge in [-0.1, -0.05) is 23.7 Å². The predicted octanol–water partition coefficient (Wildman–Crippen LogP) is 1.66. The van der Waals surface area contributed by atoms with Crippen LogP contribution >= 0.6 is 22.9 Å². The highest BCUT2D eigenvalue weighted by molar-refractivity contribution is 7.15. The number of piperazine rings is 1. The number of nitrogens with one attached hydrogen (secondary N) is 2. The van der Waals surface area contributed by atoms with Gasteiger partial charge in [0.1, 0.15) is 6.04 Å². The summed E-state index contributed by atoms with van der Waals surface area (Å²) >= 11 is 7.43. The molecule has 2 saturated heterocycles. The number of thiazole rings is 1. The maximum atomic E-state index is 13.0. The molecule has 2 atom stereocenters. The number of hydrogen-bond donors (Lipinski definition) is 2. The molecule has 162 valence electrons. The zero-order chi connectivity index (χ0) is 21.4. The highest BCUT2D eigenvalue weighted by Gasteiger charge is 2.34. The van der Waals surface area contributed by atoms with Crippen LogP contribution in [0.5, 0.6) is 0 Å². The zero-order valence-corrected chi connectivity index (χ0v) is 18.4. The smallest absolute Gasteiger partial charge is 0.258 e. The zero-order valence-electron chi connectivity index (χ0n) is 16.8. The van der Waals surface area contributed by atoms with E-state index in [2.05, 4.69) is 20.7 Å². The van der Waals surface area contributed by atoms with Crippen molar-refractivity contribution in [1.82, 2.24) is 30.0 Å². The van der Waals surface area contributed by atoms with E-state index >= 15 is 0 Å². The van der Waals surface area contributed by atoms with Crippen LogP contribution in [0.15, 0.2) is 46.7 Å². The quantitative estimate of drug-likeness (QED) is 0.619. The Morgan fingerprint density at radius 1 is 1.16 bits per heavy atom. The summed E-state index contributed by atoms with van der Waals surface area (Å²) in [6, 6.07) is 9.16. The van der Waals surface area contributed by atoms with Crippen molar-refractivity contribution in [1.29, 1.82) is 0 Å². The molecule has 0 bridgehead atoms. The second-order valence-electron chi connectivity index (χ2n) is 7.92. The predicted molar refractivity (Wildman–Crippen MR) is 120 cm³/mol. The summed E-state index contributed by atoms with van der Waals surface area (Å²) in [7, 11) is 0. The van der Waals surface area contributed by atoms with E-state index < -0.39 is 0 Å². The molecule has 10 heteroatoms. The summed E-state index contributed by atoms with van der Waals surface area (Å²) in [5.74, 6) is 0.125. The summed E-state index contributed by atoms with van der Waals surface area (Å²) in [6.07, 6.45) is 2.45. The molecule has 0 spiro atoms. The molecule has 0 saturated carbocycles. The fraction of sp³-hybridized carbons (Fsp3) is 0.381. The summed E-state index contributed by atoms with van der Waals surface area (Å²) in [4.78, 5) is 34.6. The summed E-state index contributed by atoms with van der Waals surface area (Å²) in [6.45, 7) is 3.48. The van der Waals surface area contributed by atoms with Crippen molar-refractivity contribution in [3.8, 4) is 0 Å². The Morgan fingerprint density at radius 3 is 2.71 bits per heavy atom. The van der Waals surface area contributed by atoms with Crippen molar-refractivity contribution in [3.63, 3.8) is 0 Å². The molecule has 1 amide bonds. The van der Waals surface area contributed by atoms with Crippen molar-refractivity contribution < 1.29 is 4.79 Å². The Hall–Kier alpha value is -2.30. The van der Waals surface area contributed by atoms with Gasteiger partial charge in [0.25, 0.3) is 5.56 Å². The van der Waals surface area contributed by atoms with E-state index in [1.54, 1.807) is 16.7 Å². The molecule has 2 unspecified atom stereocenters. The highest BCUT2D eigenvalue weighted by Crippen LogP contribution is 2.24. The van der Waals surface area contributed by atoms with Gasteiger partial charge in [-0.2, -0.15) is 0 Å². The average Bonchev–Trinajstić information content (AvgIpc) is 3.44. The number of fused-ring (bicyclic) bond motifs is 1. The second kappa shape index (κ2) is 8.68. The number of rotatable bonds is 4. The van der Waals surface area contributed by atoms with Gasteiger partial charge in [-0.15, -0.1) is 11.3 Å². The molecule has 8 nitrogen and oxygen atoms in total. The standard InChI is InChI=1S/C21H23ClN6O2S/c22-15-3-1-14(2-4-15)17-12-18(25-24-17)20(30)27-7-5-26(6-8-27)13-16-11-19(29)28-9-10-31-21(28)23-16/h1-4,9-11,17-18,24-25H,5-8,12-13H2. The number of hydrogen-bond acceptors (Lipinski definition) is 7. The van der Waals surface area contributed by atoms with Crippen LogP contribution in [0.25, 0.3) is 4.96 Å². The first-order valence-corrected chi connectivity index (χ1v) is 11.6. The minimum atomic E-state index is -0.241. The van der Waals surface area contributed by atoms with Gasteiger partial charge in [0.15, 0.2) is 4.96 Å². The highest BCUT2D eigenvalue weighted by atomic mass is 35.5. The SMILES string of the molecule is O=C(C1CC(c2ccc(Cl)cc2)NN1)N1CCN(Cc2cc(=O)n3ccsc3n2)CC1. The monoisotopic (exact) mass is 458 g/mol. The molecule has 4 heterocycles. The van der Waals surface area contributed by atoms with Crippen LogP contribution < -0.4 is 16.4 Å². The third-order valence-corrected chi connectivity index (χ3v) is 6.91. The Balaban J connectivity index is 1.15. The van der Waals surface area contributed by atoms with Crippen molar-refractivity contribution in [2.75, 3.05) is 26.2 Å². The third kappa shape index (κ3) is 4.37. The van der Waals surface area contributed by atoms with Crippen LogP contribution in [0.4, 0.5) is 0 Å². The number of carbonyl (C=O) groups excluding carboxylic acids is 1. The number of amides is 1. The molecule has 1 aromatic carbocycles. The number of halogens is 1. The molecule has 0 aliphatic carbocycles. The summed E-state index contributed by atoms with van der Waals surface area (Å²) < 4.78 is 1.56. The van der Waals surface area contributed by atoms with Gasteiger partial charge in [-0.3, -0.25) is 18.9 Å². The molecule has 2 N–H and O–H groups in total. The van der Waals surface area contributed by atoms with Crippen LogP contribution in [0.3, 0.4) is 0 Å². The number of carbonyl (C=O) groups is 1. The lowest BCUT2D eigenvalue weighted by atomic mass is 10.0. The molecule has 0 radical (unpaired) electrons. The van der Waals surface area contributed by atoms with Gasteiger partial charge in [-0.05, 0) is 24.1 Å². The van der Waals surface area contributed by atoms with Crippen LogP contribution in [0, 0.1) is 0 Å². The first-order chi connectivity index (χ1) is 15.1. The van der Waals surface area contributed by atoms with E-state index in [9.17, 15) is 9.59 Å². The molecule has 2 aliphatic rings. The molecule has 31 heavy (non-hydrogen) atoms. The Kier molecular flexibility index (Phi) is 5.77. The number of hydrazine groups is 1. The van der Waals surface area contributed by atoms with E-state index in [-0.39, 0.29) is 23.6 Å². The van der Waals surface area contributed by atoms with Gasteiger partial charge in [0.2, 0.25) is 5.91 Å². The first kappa shape index (κ1) is 20.6. The topological polar surface area (TPSA) is 82.0 Å². The fourth-order valence-electron chi connectivity index (χ4n) is 4.18. The number of nitrogens with zero attached hydrogens (tertiary/aromatic N) is 4. The molecular weight excluding hydrogens is 436 g/mol. The maximum Gasteiger partial charge on any atom is 0.258 e. The van der Waals surface area contributed by atoms with E-state index in [0.717, 1.165) is 24.3 Å². The van der Waals surface area contributed by atoms with Crippen LogP contribution in [0.2, 0.25) is 5.02 Å². The minimum absolute atomic E-state index is 0.0508. The van der Waals surface area contributed by atoms with E-state index in [1.807, 2.05) is 34.5 Å². The third-order valence-electron chi connectivity index (χ3n) is 5.90. The lowest BCUT2D eigenvalue weighted by Crippen LogP contribution is -2.53. The number of aromatic nitrogens is 2. The Labute approximate surface area is 188 Å². The molecular formula is C21H23ClN6O2S. The van der Waals surface area contributed by atoms with Gasteiger partial charge in [0, 0.05) is 61.4 Å².